The molecule has 0 aliphatic carbocycles. The van der Waals surface area contributed by atoms with E-state index in [-0.39, 0.29) is 6.04 Å². The molecule has 7 heteroatoms. The number of rotatable bonds is 2. The number of alkyl halides is 3. The number of nitrogens with one attached hydrogen (secondary N) is 2. The van der Waals surface area contributed by atoms with E-state index >= 15 is 0 Å². The molecule has 0 radical (unpaired) electrons. The van der Waals surface area contributed by atoms with E-state index in [0.717, 1.165) is 19.1 Å². The molecule has 1 fully saturated rings. The highest BCUT2D eigenvalue weighted by molar-refractivity contribution is 5.68. The Morgan fingerprint density at radius 2 is 2.29 bits per heavy atom. The van der Waals surface area contributed by atoms with Crippen molar-refractivity contribution in [1.82, 2.24) is 10.6 Å². The predicted molar refractivity (Wildman–Crippen MR) is 56.5 cm³/mol. The average molecular weight is 249 g/mol. The first-order valence-electron chi connectivity index (χ1n) is 5.47. The normalized spacial score (nSPS) is 29.5. The molecule has 4 nitrogen and oxygen atoms in total. The molecule has 2 heterocycles. The molecular formula is C10H14F3N3O. The topological polar surface area (TPSA) is 45.7 Å². The molecule has 2 aliphatic heterocycles. The highest BCUT2D eigenvalue weighted by atomic mass is 19.4. The van der Waals surface area contributed by atoms with Crippen LogP contribution >= 0.6 is 0 Å². The SMILES string of the molecule is FC(F)(F)C1C=NC=C(NC2CCCOC2)N1. The summed E-state index contributed by atoms with van der Waals surface area (Å²) in [5, 5.41) is 5.33. The summed E-state index contributed by atoms with van der Waals surface area (Å²) in [6.07, 6.45) is -0.316. The number of hydrogen-bond donors (Lipinski definition) is 2. The van der Waals surface area contributed by atoms with Crippen molar-refractivity contribution in [2.24, 2.45) is 4.99 Å². The molecule has 2 rings (SSSR count). The quantitative estimate of drug-likeness (QED) is 0.772. The molecule has 0 aromatic rings. The zero-order chi connectivity index (χ0) is 12.3. The third-order valence-electron chi connectivity index (χ3n) is 2.62. The number of hydrogen-bond acceptors (Lipinski definition) is 4. The zero-order valence-electron chi connectivity index (χ0n) is 9.13. The molecular weight excluding hydrogens is 235 g/mol. The molecule has 0 aromatic carbocycles. The van der Waals surface area contributed by atoms with Gasteiger partial charge >= 0.3 is 6.18 Å². The summed E-state index contributed by atoms with van der Waals surface area (Å²) in [5.41, 5.74) is 0. The molecule has 2 atom stereocenters. The number of halogens is 3. The van der Waals surface area contributed by atoms with Gasteiger partial charge in [-0.1, -0.05) is 0 Å². The van der Waals surface area contributed by atoms with Gasteiger partial charge in [0.1, 0.15) is 5.82 Å². The summed E-state index contributed by atoms with van der Waals surface area (Å²) in [6, 6.07) is -1.68. The van der Waals surface area contributed by atoms with E-state index < -0.39 is 12.2 Å². The largest absolute Gasteiger partial charge is 0.413 e. The van der Waals surface area contributed by atoms with Crippen LogP contribution in [0.3, 0.4) is 0 Å². The molecule has 2 unspecified atom stereocenters. The molecule has 0 spiro atoms. The first kappa shape index (κ1) is 12.2. The smallest absolute Gasteiger partial charge is 0.379 e. The molecule has 0 amide bonds. The maximum atomic E-state index is 12.5. The van der Waals surface area contributed by atoms with Gasteiger partial charge in [-0.05, 0) is 12.8 Å². The molecule has 0 bridgehead atoms. The summed E-state index contributed by atoms with van der Waals surface area (Å²) >= 11 is 0. The van der Waals surface area contributed by atoms with E-state index in [0.29, 0.717) is 19.0 Å². The fourth-order valence-corrected chi connectivity index (χ4v) is 1.77. The lowest BCUT2D eigenvalue weighted by atomic mass is 10.1. The molecule has 0 saturated carbocycles. The second kappa shape index (κ2) is 4.95. The van der Waals surface area contributed by atoms with E-state index in [1.165, 1.54) is 6.20 Å². The highest BCUT2D eigenvalue weighted by Crippen LogP contribution is 2.21. The fraction of sp³-hybridized carbons (Fsp3) is 0.700. The van der Waals surface area contributed by atoms with E-state index in [2.05, 4.69) is 15.6 Å². The van der Waals surface area contributed by atoms with Gasteiger partial charge in [-0.3, -0.25) is 4.99 Å². The lowest BCUT2D eigenvalue weighted by Crippen LogP contribution is -2.49. The minimum Gasteiger partial charge on any atom is -0.379 e. The Bertz CT molecular complexity index is 321. The van der Waals surface area contributed by atoms with Gasteiger partial charge in [-0.15, -0.1) is 0 Å². The Balaban J connectivity index is 1.89. The van der Waals surface area contributed by atoms with E-state index in [9.17, 15) is 13.2 Å². The van der Waals surface area contributed by atoms with Crippen molar-refractivity contribution in [3.05, 3.63) is 12.0 Å². The summed E-state index contributed by atoms with van der Waals surface area (Å²) in [7, 11) is 0. The number of aliphatic imine (C=N–C) groups is 1. The van der Waals surface area contributed by atoms with Crippen molar-refractivity contribution in [2.45, 2.75) is 31.1 Å². The minimum atomic E-state index is -4.33. The molecule has 96 valence electrons. The Kier molecular flexibility index (Phi) is 3.56. The van der Waals surface area contributed by atoms with Crippen LogP contribution in [0.15, 0.2) is 17.0 Å². The monoisotopic (exact) mass is 249 g/mol. The molecule has 1 saturated heterocycles. The van der Waals surface area contributed by atoms with E-state index in [1.807, 2.05) is 0 Å². The predicted octanol–water partition coefficient (Wildman–Crippen LogP) is 1.16. The lowest BCUT2D eigenvalue weighted by molar-refractivity contribution is -0.137. The van der Waals surface area contributed by atoms with Crippen molar-refractivity contribution in [2.75, 3.05) is 13.2 Å². The minimum absolute atomic E-state index is 0.0460. The Labute approximate surface area is 96.9 Å². The lowest BCUT2D eigenvalue weighted by Gasteiger charge is -2.29. The van der Waals surface area contributed by atoms with Crippen LogP contribution in [0, 0.1) is 0 Å². The van der Waals surface area contributed by atoms with Crippen LogP contribution < -0.4 is 10.6 Å². The number of ether oxygens (including phenoxy) is 1. The van der Waals surface area contributed by atoms with Crippen LogP contribution in [-0.4, -0.2) is 37.7 Å². The maximum absolute atomic E-state index is 12.5. The second-order valence-corrected chi connectivity index (χ2v) is 4.06. The van der Waals surface area contributed by atoms with Crippen LogP contribution in [0.5, 0.6) is 0 Å². The maximum Gasteiger partial charge on any atom is 0.413 e. The number of nitrogens with zero attached hydrogens (tertiary/aromatic N) is 1. The van der Waals surface area contributed by atoms with Crippen LogP contribution in [0.2, 0.25) is 0 Å². The van der Waals surface area contributed by atoms with Gasteiger partial charge in [0.2, 0.25) is 0 Å². The van der Waals surface area contributed by atoms with Gasteiger partial charge in [0.15, 0.2) is 6.04 Å². The average Bonchev–Trinajstić information content (AvgIpc) is 2.29. The van der Waals surface area contributed by atoms with Gasteiger partial charge in [0.25, 0.3) is 0 Å². The summed E-state index contributed by atoms with van der Waals surface area (Å²) < 4.78 is 42.6. The van der Waals surface area contributed by atoms with Crippen molar-refractivity contribution >= 4 is 6.21 Å². The van der Waals surface area contributed by atoms with Gasteiger partial charge in [0.05, 0.1) is 18.8 Å². The molecule has 2 aliphatic rings. The molecule has 0 aromatic heterocycles. The van der Waals surface area contributed by atoms with Crippen LogP contribution in [-0.2, 0) is 4.74 Å². The first-order valence-corrected chi connectivity index (χ1v) is 5.47. The van der Waals surface area contributed by atoms with Crippen molar-refractivity contribution < 1.29 is 17.9 Å². The molecule has 2 N–H and O–H groups in total. The van der Waals surface area contributed by atoms with Gasteiger partial charge in [-0.25, -0.2) is 0 Å². The summed E-state index contributed by atoms with van der Waals surface area (Å²) in [6.45, 7) is 1.23. The molecule has 17 heavy (non-hydrogen) atoms. The second-order valence-electron chi connectivity index (χ2n) is 4.06. The van der Waals surface area contributed by atoms with Crippen molar-refractivity contribution in [1.29, 1.82) is 0 Å². The van der Waals surface area contributed by atoms with Crippen molar-refractivity contribution in [3.63, 3.8) is 0 Å². The summed E-state index contributed by atoms with van der Waals surface area (Å²) in [5.74, 6) is 0.297. The van der Waals surface area contributed by atoms with E-state index in [1.54, 1.807) is 0 Å². The van der Waals surface area contributed by atoms with Gasteiger partial charge < -0.3 is 15.4 Å². The Morgan fingerprint density at radius 1 is 1.47 bits per heavy atom. The fourth-order valence-electron chi connectivity index (χ4n) is 1.77. The van der Waals surface area contributed by atoms with Gasteiger partial charge in [0, 0.05) is 12.8 Å². The van der Waals surface area contributed by atoms with Gasteiger partial charge in [-0.2, -0.15) is 13.2 Å². The third kappa shape index (κ3) is 3.36. The van der Waals surface area contributed by atoms with Crippen LogP contribution in [0.4, 0.5) is 13.2 Å². The Morgan fingerprint density at radius 3 is 2.94 bits per heavy atom. The van der Waals surface area contributed by atoms with Crippen LogP contribution in [0.25, 0.3) is 0 Å². The highest BCUT2D eigenvalue weighted by Gasteiger charge is 2.40. The third-order valence-corrected chi connectivity index (χ3v) is 2.62. The van der Waals surface area contributed by atoms with Crippen molar-refractivity contribution in [3.8, 4) is 0 Å². The summed E-state index contributed by atoms with van der Waals surface area (Å²) in [4.78, 5) is 3.60. The Hall–Kier alpha value is -1.24. The van der Waals surface area contributed by atoms with E-state index in [4.69, 9.17) is 4.74 Å². The zero-order valence-corrected chi connectivity index (χ0v) is 9.13. The first-order chi connectivity index (χ1) is 8.05. The van der Waals surface area contributed by atoms with Crippen LogP contribution in [0.1, 0.15) is 12.8 Å². The standard InChI is InChI=1S/C10H14F3N3O/c11-10(12,13)8-4-14-5-9(16-8)15-7-2-1-3-17-6-7/h4-5,7-8,15-16H,1-3,6H2.